The van der Waals surface area contributed by atoms with Crippen LogP contribution in [0.2, 0.25) is 5.02 Å². The second-order valence-electron chi connectivity index (χ2n) is 9.48. The van der Waals surface area contributed by atoms with Crippen molar-refractivity contribution in [2.45, 2.75) is 66.2 Å². The molecule has 0 bridgehead atoms. The predicted molar refractivity (Wildman–Crippen MR) is 122 cm³/mol. The van der Waals surface area contributed by atoms with Crippen molar-refractivity contribution >= 4 is 23.6 Å². The lowest BCUT2D eigenvalue weighted by atomic mass is 9.88. The van der Waals surface area contributed by atoms with E-state index in [4.69, 9.17) is 16.7 Å². The molecule has 0 unspecified atom stereocenters. The zero-order valence-corrected chi connectivity index (χ0v) is 19.4. The Morgan fingerprint density at radius 1 is 1.30 bits per heavy atom. The summed E-state index contributed by atoms with van der Waals surface area (Å²) in [6.07, 6.45) is 6.87. The van der Waals surface area contributed by atoms with Crippen LogP contribution in [0.25, 0.3) is 0 Å². The molecule has 166 valence electrons. The SMILES string of the molecule is C[C@H](CCCc1ccc(CCC(C)(C)C)c(Cl)c1)C1=CN(CCC(=O)O)C(=O)NC1. The van der Waals surface area contributed by atoms with Gasteiger partial charge in [-0.15, -0.1) is 0 Å². The quantitative estimate of drug-likeness (QED) is 0.499. The number of hydrogen-bond acceptors (Lipinski definition) is 2. The molecule has 0 spiro atoms. The van der Waals surface area contributed by atoms with Crippen LogP contribution in [-0.2, 0) is 17.6 Å². The van der Waals surface area contributed by atoms with E-state index < -0.39 is 5.97 Å². The average molecular weight is 435 g/mol. The minimum Gasteiger partial charge on any atom is -0.481 e. The summed E-state index contributed by atoms with van der Waals surface area (Å²) < 4.78 is 0. The molecule has 2 amide bonds. The fourth-order valence-corrected chi connectivity index (χ4v) is 3.82. The van der Waals surface area contributed by atoms with Gasteiger partial charge in [-0.05, 0) is 66.2 Å². The van der Waals surface area contributed by atoms with Gasteiger partial charge in [0.25, 0.3) is 0 Å². The first-order chi connectivity index (χ1) is 14.0. The highest BCUT2D eigenvalue weighted by molar-refractivity contribution is 6.31. The molecule has 0 saturated carbocycles. The van der Waals surface area contributed by atoms with Crippen LogP contribution in [-0.4, -0.2) is 35.1 Å². The number of nitrogens with zero attached hydrogens (tertiary/aromatic N) is 1. The molecule has 1 aliphatic rings. The highest BCUT2D eigenvalue weighted by Crippen LogP contribution is 2.27. The minimum absolute atomic E-state index is 0.0575. The third kappa shape index (κ3) is 8.02. The van der Waals surface area contributed by atoms with Gasteiger partial charge >= 0.3 is 12.0 Å². The maximum absolute atomic E-state index is 11.9. The van der Waals surface area contributed by atoms with Crippen LogP contribution in [0.1, 0.15) is 64.5 Å². The molecule has 1 aliphatic heterocycles. The normalized spacial score (nSPS) is 15.6. The van der Waals surface area contributed by atoms with Gasteiger partial charge in [-0.25, -0.2) is 4.79 Å². The molecule has 1 atom stereocenters. The van der Waals surface area contributed by atoms with Gasteiger partial charge in [0.05, 0.1) is 6.42 Å². The van der Waals surface area contributed by atoms with Gasteiger partial charge in [-0.1, -0.05) is 51.4 Å². The molecule has 0 aromatic heterocycles. The predicted octanol–water partition coefficient (Wildman–Crippen LogP) is 5.66. The zero-order chi connectivity index (χ0) is 22.3. The number of carbonyl (C=O) groups is 2. The summed E-state index contributed by atoms with van der Waals surface area (Å²) in [5.41, 5.74) is 3.90. The molecule has 1 aromatic carbocycles. The van der Waals surface area contributed by atoms with Crippen LogP contribution < -0.4 is 5.32 Å². The molecule has 0 aliphatic carbocycles. The maximum Gasteiger partial charge on any atom is 0.321 e. The van der Waals surface area contributed by atoms with Gasteiger partial charge in [0.15, 0.2) is 0 Å². The van der Waals surface area contributed by atoms with E-state index in [0.717, 1.165) is 42.7 Å². The average Bonchev–Trinajstić information content (AvgIpc) is 2.65. The van der Waals surface area contributed by atoms with Crippen LogP contribution >= 0.6 is 11.6 Å². The van der Waals surface area contributed by atoms with Crippen molar-refractivity contribution in [2.75, 3.05) is 13.1 Å². The standard InChI is InChI=1S/C24H35ClN2O3/c1-17(20-15-26-23(30)27(16-20)13-11-22(28)29)6-5-7-18-8-9-19(21(25)14-18)10-12-24(2,3)4/h8-9,14,16-17H,5-7,10-13,15H2,1-4H3,(H,26,30)(H,28,29)/t17-/m1/s1. The van der Waals surface area contributed by atoms with E-state index >= 15 is 0 Å². The van der Waals surface area contributed by atoms with E-state index in [1.807, 2.05) is 6.20 Å². The molecule has 1 heterocycles. The minimum atomic E-state index is -0.903. The fourth-order valence-electron chi connectivity index (χ4n) is 3.52. The summed E-state index contributed by atoms with van der Waals surface area (Å²) in [5, 5.41) is 12.5. The molecule has 0 saturated heterocycles. The smallest absolute Gasteiger partial charge is 0.321 e. The fraction of sp³-hybridized carbons (Fsp3) is 0.583. The highest BCUT2D eigenvalue weighted by Gasteiger charge is 2.21. The van der Waals surface area contributed by atoms with E-state index in [1.54, 1.807) is 0 Å². The molecule has 0 radical (unpaired) electrons. The summed E-state index contributed by atoms with van der Waals surface area (Å²) in [5.74, 6) is -0.584. The monoisotopic (exact) mass is 434 g/mol. The van der Waals surface area contributed by atoms with Gasteiger partial charge in [-0.3, -0.25) is 4.79 Å². The molecular formula is C24H35ClN2O3. The summed E-state index contributed by atoms with van der Waals surface area (Å²) in [6.45, 7) is 9.61. The number of halogens is 1. The maximum atomic E-state index is 11.9. The summed E-state index contributed by atoms with van der Waals surface area (Å²) in [4.78, 5) is 24.1. The Morgan fingerprint density at radius 3 is 2.67 bits per heavy atom. The lowest BCUT2D eigenvalue weighted by Crippen LogP contribution is -2.43. The summed E-state index contributed by atoms with van der Waals surface area (Å²) in [6, 6.07) is 6.21. The highest BCUT2D eigenvalue weighted by atomic mass is 35.5. The van der Waals surface area contributed by atoms with Gasteiger partial charge in [0.2, 0.25) is 0 Å². The number of nitrogens with one attached hydrogen (secondary N) is 1. The second kappa shape index (κ2) is 10.9. The van der Waals surface area contributed by atoms with E-state index in [2.05, 4.69) is 51.2 Å². The lowest BCUT2D eigenvalue weighted by molar-refractivity contribution is -0.137. The topological polar surface area (TPSA) is 69.6 Å². The van der Waals surface area contributed by atoms with Crippen LogP contribution in [0, 0.1) is 11.3 Å². The zero-order valence-electron chi connectivity index (χ0n) is 18.6. The number of carboxylic acids is 1. The number of benzene rings is 1. The van der Waals surface area contributed by atoms with Crippen LogP contribution in [0.15, 0.2) is 30.0 Å². The van der Waals surface area contributed by atoms with E-state index in [-0.39, 0.29) is 19.0 Å². The Kier molecular flexibility index (Phi) is 8.78. The van der Waals surface area contributed by atoms with E-state index in [1.165, 1.54) is 16.0 Å². The molecule has 1 aromatic rings. The molecule has 2 rings (SSSR count). The number of carboxylic acid groups (broad SMARTS) is 1. The van der Waals surface area contributed by atoms with E-state index in [0.29, 0.717) is 17.9 Å². The summed E-state index contributed by atoms with van der Waals surface area (Å²) in [7, 11) is 0. The Labute approximate surface area is 185 Å². The Balaban J connectivity index is 1.85. The first-order valence-electron chi connectivity index (χ1n) is 10.8. The van der Waals surface area contributed by atoms with Crippen LogP contribution in [0.3, 0.4) is 0 Å². The van der Waals surface area contributed by atoms with Crippen LogP contribution in [0.5, 0.6) is 0 Å². The largest absolute Gasteiger partial charge is 0.481 e. The first kappa shape index (κ1) is 24.3. The van der Waals surface area contributed by atoms with E-state index in [9.17, 15) is 9.59 Å². The molecule has 6 heteroatoms. The van der Waals surface area contributed by atoms with Gasteiger partial charge in [-0.2, -0.15) is 0 Å². The Morgan fingerprint density at radius 2 is 2.03 bits per heavy atom. The van der Waals surface area contributed by atoms with Gasteiger partial charge < -0.3 is 15.3 Å². The van der Waals surface area contributed by atoms with Crippen molar-refractivity contribution in [1.82, 2.24) is 10.2 Å². The van der Waals surface area contributed by atoms with Crippen LogP contribution in [0.4, 0.5) is 4.79 Å². The molecule has 2 N–H and O–H groups in total. The third-order valence-corrected chi connectivity index (χ3v) is 5.94. The summed E-state index contributed by atoms with van der Waals surface area (Å²) >= 11 is 6.51. The van der Waals surface area contributed by atoms with Crippen molar-refractivity contribution in [3.05, 3.63) is 46.1 Å². The number of hydrogen-bond donors (Lipinski definition) is 2. The second-order valence-corrected chi connectivity index (χ2v) is 9.89. The Hall–Kier alpha value is -2.01. The molecule has 0 fully saturated rings. The lowest BCUT2D eigenvalue weighted by Gasteiger charge is -2.28. The third-order valence-electron chi connectivity index (χ3n) is 5.59. The molecule has 5 nitrogen and oxygen atoms in total. The first-order valence-corrected chi connectivity index (χ1v) is 11.2. The van der Waals surface area contributed by atoms with Crippen molar-refractivity contribution < 1.29 is 14.7 Å². The van der Waals surface area contributed by atoms with Gasteiger partial charge in [0.1, 0.15) is 0 Å². The van der Waals surface area contributed by atoms with Crippen molar-refractivity contribution in [3.8, 4) is 0 Å². The van der Waals surface area contributed by atoms with Crippen molar-refractivity contribution in [2.24, 2.45) is 11.3 Å². The number of aryl methyl sites for hydroxylation is 2. The number of rotatable bonds is 10. The number of aliphatic carboxylic acids is 1. The molecule has 30 heavy (non-hydrogen) atoms. The number of amides is 2. The van der Waals surface area contributed by atoms with Gasteiger partial charge in [0, 0.05) is 24.3 Å². The number of urea groups is 1. The van der Waals surface area contributed by atoms with Crippen molar-refractivity contribution in [1.29, 1.82) is 0 Å². The Bertz CT molecular complexity index is 783. The molecular weight excluding hydrogens is 400 g/mol. The number of carbonyl (C=O) groups excluding carboxylic acids is 1. The van der Waals surface area contributed by atoms with Crippen molar-refractivity contribution in [3.63, 3.8) is 0 Å².